The molecular weight excluding hydrogens is 382 g/mol. The maximum Gasteiger partial charge on any atom is 0.263 e. The van der Waals surface area contributed by atoms with Gasteiger partial charge in [0.2, 0.25) is 5.91 Å². The molecule has 0 saturated carbocycles. The zero-order chi connectivity index (χ0) is 21.6. The maximum absolute atomic E-state index is 13.0. The number of anilines is 2. The summed E-state index contributed by atoms with van der Waals surface area (Å²) < 4.78 is 0. The Bertz CT molecular complexity index is 1050. The molecule has 0 aliphatic carbocycles. The van der Waals surface area contributed by atoms with Crippen LogP contribution in [0.3, 0.4) is 0 Å². The van der Waals surface area contributed by atoms with Gasteiger partial charge in [-0.3, -0.25) is 19.4 Å². The average Bonchev–Trinajstić information content (AvgIpc) is 3.19. The van der Waals surface area contributed by atoms with Gasteiger partial charge >= 0.3 is 0 Å². The first-order valence-corrected chi connectivity index (χ1v) is 9.76. The predicted octanol–water partition coefficient (Wildman–Crippen LogP) is 2.85. The van der Waals surface area contributed by atoms with E-state index >= 15 is 0 Å². The fraction of sp³-hybridized carbons (Fsp3) is 0.318. The van der Waals surface area contributed by atoms with Gasteiger partial charge in [0.1, 0.15) is 6.54 Å². The summed E-state index contributed by atoms with van der Waals surface area (Å²) in [6.07, 6.45) is 0. The van der Waals surface area contributed by atoms with Gasteiger partial charge in [-0.2, -0.15) is 5.11 Å². The average molecular weight is 405 g/mol. The number of imide groups is 1. The number of carbonyl (C=O) groups is 3. The van der Waals surface area contributed by atoms with Crippen molar-refractivity contribution in [1.29, 1.82) is 0 Å². The molecule has 2 aliphatic heterocycles. The van der Waals surface area contributed by atoms with E-state index in [9.17, 15) is 14.4 Å². The summed E-state index contributed by atoms with van der Waals surface area (Å²) in [4.78, 5) is 39.5. The topological polar surface area (TPSA) is 94.4 Å². The van der Waals surface area contributed by atoms with Crippen molar-refractivity contribution in [2.75, 3.05) is 16.8 Å². The van der Waals surface area contributed by atoms with Crippen molar-refractivity contribution in [3.63, 3.8) is 0 Å². The SMILES string of the molecule is Cc1ccc(N2C(=O)[C@H]3N=NN(CC(=O)Nc4c(C)cc(C)cc4C)[C@@H]3C2=O)cc1. The highest BCUT2D eigenvalue weighted by molar-refractivity contribution is 6.25. The van der Waals surface area contributed by atoms with Crippen LogP contribution >= 0.6 is 0 Å². The summed E-state index contributed by atoms with van der Waals surface area (Å²) in [5.74, 6) is -1.17. The van der Waals surface area contributed by atoms with E-state index in [1.54, 1.807) is 12.1 Å². The van der Waals surface area contributed by atoms with Crippen molar-refractivity contribution >= 4 is 29.1 Å². The highest BCUT2D eigenvalue weighted by atomic mass is 16.2. The van der Waals surface area contributed by atoms with Gasteiger partial charge in [0.05, 0.1) is 5.69 Å². The van der Waals surface area contributed by atoms with Crippen LogP contribution < -0.4 is 10.2 Å². The molecule has 0 aromatic heterocycles. The molecule has 0 unspecified atom stereocenters. The quantitative estimate of drug-likeness (QED) is 0.792. The lowest BCUT2D eigenvalue weighted by molar-refractivity contribution is -0.123. The van der Waals surface area contributed by atoms with E-state index in [2.05, 4.69) is 15.7 Å². The van der Waals surface area contributed by atoms with E-state index < -0.39 is 23.9 Å². The number of fused-ring (bicyclic) bond motifs is 1. The Morgan fingerprint density at radius 2 is 1.60 bits per heavy atom. The number of aryl methyl sites for hydroxylation is 4. The molecule has 2 aliphatic rings. The molecule has 1 saturated heterocycles. The second kappa shape index (κ2) is 7.37. The third kappa shape index (κ3) is 3.34. The summed E-state index contributed by atoms with van der Waals surface area (Å²) in [7, 11) is 0. The number of benzene rings is 2. The van der Waals surface area contributed by atoms with Gasteiger partial charge in [-0.15, -0.1) is 0 Å². The standard InChI is InChI=1S/C22H23N5O3/c1-12-5-7-16(8-6-12)27-21(29)19-20(22(27)30)26(25-24-19)11-17(28)23-18-14(3)9-13(2)10-15(18)4/h5-10,19-20H,11H2,1-4H3,(H,23,28)/t19-,20-/m0/s1. The van der Waals surface area contributed by atoms with Crippen LogP contribution in [0.25, 0.3) is 0 Å². The van der Waals surface area contributed by atoms with E-state index in [4.69, 9.17) is 0 Å². The molecule has 0 radical (unpaired) electrons. The zero-order valence-electron chi connectivity index (χ0n) is 17.3. The van der Waals surface area contributed by atoms with Crippen LogP contribution in [0.4, 0.5) is 11.4 Å². The lowest BCUT2D eigenvalue weighted by Crippen LogP contribution is -2.43. The molecule has 30 heavy (non-hydrogen) atoms. The Morgan fingerprint density at radius 3 is 2.23 bits per heavy atom. The van der Waals surface area contributed by atoms with Crippen molar-refractivity contribution in [3.8, 4) is 0 Å². The van der Waals surface area contributed by atoms with Gasteiger partial charge in [-0.05, 0) is 51.0 Å². The number of nitrogens with zero attached hydrogens (tertiary/aromatic N) is 4. The smallest absolute Gasteiger partial charge is 0.263 e. The van der Waals surface area contributed by atoms with E-state index in [-0.39, 0.29) is 12.5 Å². The van der Waals surface area contributed by atoms with Gasteiger partial charge in [-0.1, -0.05) is 40.6 Å². The summed E-state index contributed by atoms with van der Waals surface area (Å²) in [5, 5.41) is 12.1. The normalized spacial score (nSPS) is 20.1. The van der Waals surface area contributed by atoms with Gasteiger partial charge in [0, 0.05) is 5.69 Å². The first-order valence-electron chi connectivity index (χ1n) is 9.76. The molecule has 2 atom stereocenters. The molecule has 2 aromatic rings. The molecular formula is C22H23N5O3. The number of rotatable bonds is 4. The number of hydrogen-bond acceptors (Lipinski definition) is 6. The highest BCUT2D eigenvalue weighted by Gasteiger charge is 2.55. The summed E-state index contributed by atoms with van der Waals surface area (Å²) in [6, 6.07) is 9.29. The zero-order valence-corrected chi connectivity index (χ0v) is 17.3. The Balaban J connectivity index is 1.50. The molecule has 1 fully saturated rings. The fourth-order valence-electron chi connectivity index (χ4n) is 4.01. The number of carbonyl (C=O) groups excluding carboxylic acids is 3. The van der Waals surface area contributed by atoms with Crippen LogP contribution in [-0.4, -0.2) is 41.4 Å². The highest BCUT2D eigenvalue weighted by Crippen LogP contribution is 2.32. The van der Waals surface area contributed by atoms with Crippen molar-refractivity contribution in [3.05, 3.63) is 58.7 Å². The molecule has 8 nitrogen and oxygen atoms in total. The molecule has 0 spiro atoms. The molecule has 0 bridgehead atoms. The van der Waals surface area contributed by atoms with Gasteiger partial charge in [-0.25, -0.2) is 4.90 Å². The Labute approximate surface area is 174 Å². The van der Waals surface area contributed by atoms with Crippen molar-refractivity contribution < 1.29 is 14.4 Å². The van der Waals surface area contributed by atoms with E-state index in [0.717, 1.165) is 32.8 Å². The lowest BCUT2D eigenvalue weighted by atomic mass is 10.1. The number of amides is 3. The van der Waals surface area contributed by atoms with Crippen LogP contribution in [-0.2, 0) is 14.4 Å². The van der Waals surface area contributed by atoms with Crippen LogP contribution in [0.1, 0.15) is 22.3 Å². The summed E-state index contributed by atoms with van der Waals surface area (Å²) >= 11 is 0. The molecule has 4 rings (SSSR count). The van der Waals surface area contributed by atoms with E-state index in [0.29, 0.717) is 5.69 Å². The van der Waals surface area contributed by atoms with Gasteiger partial charge in [0.15, 0.2) is 12.1 Å². The largest absolute Gasteiger partial charge is 0.324 e. The van der Waals surface area contributed by atoms with Crippen molar-refractivity contribution in [2.45, 2.75) is 39.8 Å². The minimum absolute atomic E-state index is 0.168. The van der Waals surface area contributed by atoms with Crippen LogP contribution in [0, 0.1) is 27.7 Å². The molecule has 2 aromatic carbocycles. The Kier molecular flexibility index (Phi) is 4.85. The monoisotopic (exact) mass is 405 g/mol. The summed E-state index contributed by atoms with van der Waals surface area (Å²) in [5.41, 5.74) is 5.30. The van der Waals surface area contributed by atoms with Gasteiger partial charge in [0.25, 0.3) is 11.8 Å². The molecule has 8 heteroatoms. The lowest BCUT2D eigenvalue weighted by Gasteiger charge is -2.21. The van der Waals surface area contributed by atoms with Gasteiger partial charge < -0.3 is 5.32 Å². The molecule has 154 valence electrons. The minimum atomic E-state index is -0.922. The molecule has 3 amide bonds. The second-order valence-electron chi connectivity index (χ2n) is 7.86. The van der Waals surface area contributed by atoms with E-state index in [1.165, 1.54) is 5.01 Å². The Morgan fingerprint density at radius 1 is 0.967 bits per heavy atom. The van der Waals surface area contributed by atoms with Crippen molar-refractivity contribution in [1.82, 2.24) is 5.01 Å². The first kappa shape index (κ1) is 19.8. The second-order valence-corrected chi connectivity index (χ2v) is 7.86. The van der Waals surface area contributed by atoms with E-state index in [1.807, 2.05) is 52.0 Å². The molecule has 2 heterocycles. The maximum atomic E-state index is 13.0. The predicted molar refractivity (Wildman–Crippen MR) is 112 cm³/mol. The van der Waals surface area contributed by atoms with Crippen molar-refractivity contribution in [2.24, 2.45) is 10.3 Å². The third-order valence-electron chi connectivity index (χ3n) is 5.40. The third-order valence-corrected chi connectivity index (χ3v) is 5.40. The molecule has 1 N–H and O–H groups in total. The van der Waals surface area contributed by atoms with Crippen LogP contribution in [0.5, 0.6) is 0 Å². The number of hydrogen-bond donors (Lipinski definition) is 1. The summed E-state index contributed by atoms with van der Waals surface area (Å²) in [6.45, 7) is 7.62. The Hall–Kier alpha value is -3.55. The minimum Gasteiger partial charge on any atom is -0.324 e. The number of nitrogens with one attached hydrogen (secondary N) is 1. The van der Waals surface area contributed by atoms with Crippen LogP contribution in [0.2, 0.25) is 0 Å². The van der Waals surface area contributed by atoms with Crippen LogP contribution in [0.15, 0.2) is 46.7 Å². The first-order chi connectivity index (χ1) is 14.3. The fourth-order valence-corrected chi connectivity index (χ4v) is 4.01.